The van der Waals surface area contributed by atoms with E-state index in [4.69, 9.17) is 16.3 Å². The van der Waals surface area contributed by atoms with Gasteiger partial charge in [-0.15, -0.1) is 0 Å². The van der Waals surface area contributed by atoms with E-state index >= 15 is 0 Å². The van der Waals surface area contributed by atoms with Gasteiger partial charge in [0, 0.05) is 53.6 Å². The van der Waals surface area contributed by atoms with E-state index in [9.17, 15) is 0 Å². The van der Waals surface area contributed by atoms with Crippen molar-refractivity contribution in [3.63, 3.8) is 0 Å². The number of aryl methyl sites for hydroxylation is 1. The highest BCUT2D eigenvalue weighted by atomic mass is 35.5. The molecule has 0 saturated carbocycles. The SMILES string of the molecule is CCN(CC)c1ccc(/C=C/CC(CC)(CCc2ccccc2)c2cc(Cl)ccc2NC)c(OC)c1. The zero-order chi connectivity index (χ0) is 26.0. The van der Waals surface area contributed by atoms with Crippen molar-refractivity contribution in [3.8, 4) is 5.75 Å². The molecule has 192 valence electrons. The molecule has 1 atom stereocenters. The van der Waals surface area contributed by atoms with E-state index in [-0.39, 0.29) is 5.41 Å². The van der Waals surface area contributed by atoms with Crippen LogP contribution in [0.4, 0.5) is 11.4 Å². The highest BCUT2D eigenvalue weighted by Gasteiger charge is 2.31. The normalized spacial score (nSPS) is 12.9. The second-order valence-electron chi connectivity index (χ2n) is 9.26. The van der Waals surface area contributed by atoms with E-state index in [1.165, 1.54) is 16.8 Å². The quantitative estimate of drug-likeness (QED) is 0.252. The molecule has 0 aliphatic heterocycles. The Morgan fingerprint density at radius 1 is 0.972 bits per heavy atom. The Kier molecular flexibility index (Phi) is 10.3. The number of methoxy groups -OCH3 is 1. The van der Waals surface area contributed by atoms with E-state index in [2.05, 4.69) is 104 Å². The Hall–Kier alpha value is -2.91. The fourth-order valence-electron chi connectivity index (χ4n) is 5.09. The van der Waals surface area contributed by atoms with Gasteiger partial charge in [-0.1, -0.05) is 61.0 Å². The Morgan fingerprint density at radius 3 is 2.36 bits per heavy atom. The molecular weight excluding hydrogens is 464 g/mol. The number of nitrogens with one attached hydrogen (secondary N) is 1. The number of halogens is 1. The summed E-state index contributed by atoms with van der Waals surface area (Å²) in [6.07, 6.45) is 8.49. The summed E-state index contributed by atoms with van der Waals surface area (Å²) in [6, 6.07) is 23.5. The lowest BCUT2D eigenvalue weighted by molar-refractivity contribution is 0.384. The number of rotatable bonds is 13. The van der Waals surface area contributed by atoms with Gasteiger partial charge in [0.25, 0.3) is 0 Å². The van der Waals surface area contributed by atoms with E-state index in [0.29, 0.717) is 0 Å². The predicted octanol–water partition coefficient (Wildman–Crippen LogP) is 8.62. The summed E-state index contributed by atoms with van der Waals surface area (Å²) in [5.41, 5.74) is 6.03. The van der Waals surface area contributed by atoms with Crippen molar-refractivity contribution in [3.05, 3.63) is 94.5 Å². The lowest BCUT2D eigenvalue weighted by Gasteiger charge is -2.35. The molecule has 0 aromatic heterocycles. The van der Waals surface area contributed by atoms with Crippen molar-refractivity contribution in [2.75, 3.05) is 37.5 Å². The first-order valence-corrected chi connectivity index (χ1v) is 13.5. The molecule has 0 amide bonds. The minimum absolute atomic E-state index is 0.0516. The van der Waals surface area contributed by atoms with Crippen LogP contribution in [0.5, 0.6) is 5.75 Å². The summed E-state index contributed by atoms with van der Waals surface area (Å²) in [4.78, 5) is 2.33. The zero-order valence-electron chi connectivity index (χ0n) is 22.5. The van der Waals surface area contributed by atoms with E-state index in [1.54, 1.807) is 7.11 Å². The van der Waals surface area contributed by atoms with E-state index in [0.717, 1.165) is 60.8 Å². The molecule has 0 saturated heterocycles. The first-order chi connectivity index (χ1) is 17.5. The summed E-state index contributed by atoms with van der Waals surface area (Å²) < 4.78 is 5.77. The van der Waals surface area contributed by atoms with Gasteiger partial charge in [-0.25, -0.2) is 0 Å². The van der Waals surface area contributed by atoms with Crippen LogP contribution in [0.3, 0.4) is 0 Å². The molecule has 0 aliphatic carbocycles. The first kappa shape index (κ1) is 27.7. The molecule has 0 spiro atoms. The van der Waals surface area contributed by atoms with Gasteiger partial charge in [0.05, 0.1) is 7.11 Å². The summed E-state index contributed by atoms with van der Waals surface area (Å²) in [5.74, 6) is 0.903. The zero-order valence-corrected chi connectivity index (χ0v) is 23.2. The Morgan fingerprint density at radius 2 is 1.72 bits per heavy atom. The maximum absolute atomic E-state index is 6.52. The Bertz CT molecular complexity index is 1120. The summed E-state index contributed by atoms with van der Waals surface area (Å²) in [6.45, 7) is 8.60. The van der Waals surface area contributed by atoms with Gasteiger partial charge in [-0.05, 0) is 81.0 Å². The van der Waals surface area contributed by atoms with Gasteiger partial charge in [-0.2, -0.15) is 0 Å². The summed E-state index contributed by atoms with van der Waals surface area (Å²) in [7, 11) is 3.74. The number of ether oxygens (including phenoxy) is 1. The van der Waals surface area contributed by atoms with Crippen LogP contribution in [0.2, 0.25) is 5.02 Å². The van der Waals surface area contributed by atoms with Crippen LogP contribution >= 0.6 is 11.6 Å². The average Bonchev–Trinajstić information content (AvgIpc) is 2.92. The monoisotopic (exact) mass is 504 g/mol. The molecule has 0 heterocycles. The average molecular weight is 505 g/mol. The lowest BCUT2D eigenvalue weighted by Crippen LogP contribution is -2.27. The topological polar surface area (TPSA) is 24.5 Å². The Balaban J connectivity index is 1.95. The van der Waals surface area contributed by atoms with Crippen molar-refractivity contribution in [2.24, 2.45) is 0 Å². The van der Waals surface area contributed by atoms with Crippen molar-refractivity contribution in [1.29, 1.82) is 0 Å². The maximum atomic E-state index is 6.52. The number of allylic oxidation sites excluding steroid dienone is 1. The largest absolute Gasteiger partial charge is 0.496 e. The standard InChI is InChI=1S/C32H41ClN2O/c1-6-32(22-20-25-13-10-9-11-14-25,29-23-27(33)17-19-30(29)34-4)21-12-15-26-16-18-28(24-31(26)36-5)35(7-2)8-3/h9-19,23-24,34H,6-8,20-22H2,1-5H3/b15-12+. The molecule has 0 bridgehead atoms. The van der Waals surface area contributed by atoms with Crippen LogP contribution in [-0.2, 0) is 11.8 Å². The second kappa shape index (κ2) is 13.4. The van der Waals surface area contributed by atoms with Crippen LogP contribution < -0.4 is 15.0 Å². The van der Waals surface area contributed by atoms with Crippen LogP contribution in [0.25, 0.3) is 6.08 Å². The van der Waals surface area contributed by atoms with Crippen LogP contribution in [0, 0.1) is 0 Å². The number of benzene rings is 3. The molecule has 0 aliphatic rings. The van der Waals surface area contributed by atoms with Gasteiger partial charge in [0.2, 0.25) is 0 Å². The van der Waals surface area contributed by atoms with Crippen LogP contribution in [-0.4, -0.2) is 27.2 Å². The summed E-state index contributed by atoms with van der Waals surface area (Å²) in [5, 5.41) is 4.18. The third-order valence-corrected chi connectivity index (χ3v) is 7.62. The minimum atomic E-state index is -0.0516. The smallest absolute Gasteiger partial charge is 0.128 e. The van der Waals surface area contributed by atoms with Crippen molar-refractivity contribution >= 4 is 29.1 Å². The van der Waals surface area contributed by atoms with Crippen molar-refractivity contribution in [1.82, 2.24) is 0 Å². The lowest BCUT2D eigenvalue weighted by atomic mass is 9.70. The molecule has 4 heteroatoms. The summed E-state index contributed by atoms with van der Waals surface area (Å²) >= 11 is 6.52. The fourth-order valence-corrected chi connectivity index (χ4v) is 5.27. The Labute approximate surface area is 223 Å². The molecule has 0 radical (unpaired) electrons. The number of nitrogens with zero attached hydrogens (tertiary/aromatic N) is 1. The fraction of sp³-hybridized carbons (Fsp3) is 0.375. The van der Waals surface area contributed by atoms with Gasteiger partial charge in [-0.3, -0.25) is 0 Å². The molecule has 1 unspecified atom stereocenters. The second-order valence-corrected chi connectivity index (χ2v) is 9.70. The van der Waals surface area contributed by atoms with Crippen molar-refractivity contribution in [2.45, 2.75) is 51.9 Å². The predicted molar refractivity (Wildman–Crippen MR) is 158 cm³/mol. The molecule has 36 heavy (non-hydrogen) atoms. The highest BCUT2D eigenvalue weighted by Crippen LogP contribution is 2.42. The van der Waals surface area contributed by atoms with E-state index in [1.807, 2.05) is 13.1 Å². The molecule has 3 aromatic carbocycles. The van der Waals surface area contributed by atoms with Gasteiger partial charge in [0.15, 0.2) is 0 Å². The van der Waals surface area contributed by atoms with E-state index < -0.39 is 0 Å². The van der Waals surface area contributed by atoms with Gasteiger partial charge in [0.1, 0.15) is 5.75 Å². The molecule has 1 N–H and O–H groups in total. The highest BCUT2D eigenvalue weighted by molar-refractivity contribution is 6.30. The number of hydrogen-bond donors (Lipinski definition) is 1. The molecule has 3 nitrogen and oxygen atoms in total. The maximum Gasteiger partial charge on any atom is 0.128 e. The number of hydrogen-bond acceptors (Lipinski definition) is 3. The van der Waals surface area contributed by atoms with Crippen LogP contribution in [0.1, 0.15) is 56.7 Å². The van der Waals surface area contributed by atoms with Crippen molar-refractivity contribution < 1.29 is 4.74 Å². The molecule has 3 aromatic rings. The number of anilines is 2. The van der Waals surface area contributed by atoms with Gasteiger partial charge < -0.3 is 15.0 Å². The third kappa shape index (κ3) is 6.64. The molecule has 3 rings (SSSR count). The van der Waals surface area contributed by atoms with Gasteiger partial charge >= 0.3 is 0 Å². The minimum Gasteiger partial charge on any atom is -0.496 e. The third-order valence-electron chi connectivity index (χ3n) is 7.39. The molecular formula is C32H41ClN2O. The molecule has 0 fully saturated rings. The first-order valence-electron chi connectivity index (χ1n) is 13.1. The van der Waals surface area contributed by atoms with Crippen LogP contribution in [0.15, 0.2) is 72.8 Å².